The van der Waals surface area contributed by atoms with E-state index in [0.29, 0.717) is 24.6 Å². The molecule has 0 aromatic heterocycles. The fourth-order valence-electron chi connectivity index (χ4n) is 4.36. The molecule has 2 aliphatic rings. The second-order valence-corrected chi connectivity index (χ2v) is 10.8. The topological polar surface area (TPSA) is 92.8 Å². The van der Waals surface area contributed by atoms with Gasteiger partial charge in [0.05, 0.1) is 10.5 Å². The summed E-state index contributed by atoms with van der Waals surface area (Å²) in [5.74, 6) is -0.616. The number of hydrogen-bond donors (Lipinski definition) is 1. The molecule has 0 spiro atoms. The van der Waals surface area contributed by atoms with Crippen LogP contribution in [0.3, 0.4) is 0 Å². The van der Waals surface area contributed by atoms with E-state index in [-0.39, 0.29) is 22.4 Å². The maximum Gasteiger partial charge on any atom is 0.338 e. The first-order valence-electron chi connectivity index (χ1n) is 11.3. The Balaban J connectivity index is 1.68. The summed E-state index contributed by atoms with van der Waals surface area (Å²) < 4.78 is 33.0. The van der Waals surface area contributed by atoms with Crippen LogP contribution in [0.1, 0.15) is 74.7 Å². The molecule has 0 bridgehead atoms. The van der Waals surface area contributed by atoms with Crippen LogP contribution in [0, 0.1) is 12.8 Å². The van der Waals surface area contributed by atoms with Gasteiger partial charge in [-0.15, -0.1) is 0 Å². The van der Waals surface area contributed by atoms with Crippen LogP contribution in [-0.4, -0.2) is 49.8 Å². The van der Waals surface area contributed by atoms with Crippen molar-refractivity contribution < 1.29 is 22.7 Å². The lowest BCUT2D eigenvalue weighted by atomic mass is 9.86. The van der Waals surface area contributed by atoms with Gasteiger partial charge in [0, 0.05) is 19.1 Å². The van der Waals surface area contributed by atoms with Crippen molar-refractivity contribution in [2.75, 3.05) is 13.1 Å². The monoisotopic (exact) mass is 450 g/mol. The zero-order chi connectivity index (χ0) is 22.6. The summed E-state index contributed by atoms with van der Waals surface area (Å²) in [6.45, 7) is 6.37. The number of piperidine rings is 1. The van der Waals surface area contributed by atoms with Crippen LogP contribution in [0.5, 0.6) is 0 Å². The van der Waals surface area contributed by atoms with Crippen LogP contribution in [-0.2, 0) is 19.6 Å². The summed E-state index contributed by atoms with van der Waals surface area (Å²) in [6.07, 6.45) is 6.02. The normalized spacial score (nSPS) is 23.7. The Hall–Kier alpha value is -1.93. The van der Waals surface area contributed by atoms with Crippen molar-refractivity contribution in [2.45, 2.75) is 82.8 Å². The fraction of sp³-hybridized carbons (Fsp3) is 0.652. The fourth-order valence-corrected chi connectivity index (χ4v) is 6.13. The lowest BCUT2D eigenvalue weighted by molar-refractivity contribution is -0.130. The molecule has 3 rings (SSSR count). The van der Waals surface area contributed by atoms with Gasteiger partial charge in [0.1, 0.15) is 0 Å². The lowest BCUT2D eigenvalue weighted by Crippen LogP contribution is -2.46. The number of nitrogens with one attached hydrogen (secondary N) is 1. The minimum Gasteiger partial charge on any atom is -0.449 e. The molecule has 1 aliphatic carbocycles. The highest BCUT2D eigenvalue weighted by Crippen LogP contribution is 2.26. The molecule has 1 saturated carbocycles. The van der Waals surface area contributed by atoms with Gasteiger partial charge in [-0.2, -0.15) is 4.31 Å². The number of ether oxygens (including phenoxy) is 1. The molecule has 0 unspecified atom stereocenters. The average Bonchev–Trinajstić information content (AvgIpc) is 2.76. The molecule has 31 heavy (non-hydrogen) atoms. The van der Waals surface area contributed by atoms with E-state index in [0.717, 1.165) is 38.5 Å². The predicted molar refractivity (Wildman–Crippen MR) is 118 cm³/mol. The van der Waals surface area contributed by atoms with Gasteiger partial charge in [-0.1, -0.05) is 32.3 Å². The van der Waals surface area contributed by atoms with Crippen molar-refractivity contribution in [3.05, 3.63) is 29.3 Å². The van der Waals surface area contributed by atoms with E-state index in [1.54, 1.807) is 26.0 Å². The van der Waals surface area contributed by atoms with E-state index < -0.39 is 22.1 Å². The number of carbonyl (C=O) groups is 2. The number of esters is 1. The minimum atomic E-state index is -3.67. The third-order valence-corrected chi connectivity index (χ3v) is 8.49. The van der Waals surface area contributed by atoms with Crippen LogP contribution in [0.4, 0.5) is 0 Å². The van der Waals surface area contributed by atoms with Crippen molar-refractivity contribution in [2.24, 2.45) is 5.92 Å². The number of hydrogen-bond acceptors (Lipinski definition) is 5. The van der Waals surface area contributed by atoms with E-state index in [1.165, 1.54) is 16.8 Å². The smallest absolute Gasteiger partial charge is 0.338 e. The van der Waals surface area contributed by atoms with E-state index in [4.69, 9.17) is 4.74 Å². The second kappa shape index (κ2) is 10.1. The van der Waals surface area contributed by atoms with Crippen molar-refractivity contribution in [1.82, 2.24) is 9.62 Å². The van der Waals surface area contributed by atoms with Crippen molar-refractivity contribution in [3.8, 4) is 0 Å². The first-order valence-corrected chi connectivity index (χ1v) is 12.8. The number of aryl methyl sites for hydroxylation is 1. The van der Waals surface area contributed by atoms with Crippen molar-refractivity contribution >= 4 is 21.9 Å². The molecule has 3 atom stereocenters. The second-order valence-electron chi connectivity index (χ2n) is 8.87. The zero-order valence-electron chi connectivity index (χ0n) is 18.7. The predicted octanol–water partition coefficient (Wildman–Crippen LogP) is 3.41. The third kappa shape index (κ3) is 5.66. The summed E-state index contributed by atoms with van der Waals surface area (Å²) >= 11 is 0. The largest absolute Gasteiger partial charge is 0.449 e. The molecule has 1 N–H and O–H groups in total. The molecule has 172 valence electrons. The van der Waals surface area contributed by atoms with E-state index >= 15 is 0 Å². The van der Waals surface area contributed by atoms with Gasteiger partial charge in [-0.3, -0.25) is 4.79 Å². The number of rotatable bonds is 6. The number of carbonyl (C=O) groups excluding carboxylic acids is 2. The highest BCUT2D eigenvalue weighted by Gasteiger charge is 2.30. The molecular formula is C23H34N2O5S. The standard InChI is InChI=1S/C23H34N2O5S/c1-16-9-5-6-10-20(16)24-22(26)18(3)30-23(27)19-12-11-17(2)21(15-19)31(28,29)25-13-7-4-8-14-25/h11-12,15-16,18,20H,4-10,13-14H2,1-3H3,(H,24,26)/t16-,18-,20+/m1/s1. The maximum atomic E-state index is 13.1. The Morgan fingerprint density at radius 1 is 1.10 bits per heavy atom. The summed E-state index contributed by atoms with van der Waals surface area (Å²) in [5, 5.41) is 2.99. The molecule has 1 amide bonds. The molecule has 1 saturated heterocycles. The van der Waals surface area contributed by atoms with E-state index in [2.05, 4.69) is 12.2 Å². The molecule has 2 fully saturated rings. The van der Waals surface area contributed by atoms with Crippen LogP contribution >= 0.6 is 0 Å². The summed E-state index contributed by atoms with van der Waals surface area (Å²) in [7, 11) is -3.67. The first-order chi connectivity index (χ1) is 14.7. The van der Waals surface area contributed by atoms with Crippen molar-refractivity contribution in [1.29, 1.82) is 0 Å². The average molecular weight is 451 g/mol. The Bertz CT molecular complexity index is 909. The van der Waals surface area contributed by atoms with Crippen LogP contribution in [0.15, 0.2) is 23.1 Å². The molecule has 8 heteroatoms. The minimum absolute atomic E-state index is 0.100. The quantitative estimate of drug-likeness (QED) is 0.671. The molecule has 7 nitrogen and oxygen atoms in total. The van der Waals surface area contributed by atoms with Gasteiger partial charge in [0.15, 0.2) is 6.10 Å². The molecule has 1 aromatic rings. The van der Waals surface area contributed by atoms with Gasteiger partial charge in [0.25, 0.3) is 5.91 Å². The van der Waals surface area contributed by atoms with Crippen LogP contribution in [0.25, 0.3) is 0 Å². The number of sulfonamides is 1. The number of amides is 1. The molecule has 1 aromatic carbocycles. The summed E-state index contributed by atoms with van der Waals surface area (Å²) in [6, 6.07) is 4.63. The van der Waals surface area contributed by atoms with E-state index in [9.17, 15) is 18.0 Å². The van der Waals surface area contributed by atoms with Crippen molar-refractivity contribution in [3.63, 3.8) is 0 Å². The van der Waals surface area contributed by atoms with Gasteiger partial charge in [0.2, 0.25) is 10.0 Å². The number of nitrogens with zero attached hydrogens (tertiary/aromatic N) is 1. The molecule has 1 heterocycles. The Labute approximate surface area is 185 Å². The Morgan fingerprint density at radius 2 is 1.77 bits per heavy atom. The highest BCUT2D eigenvalue weighted by atomic mass is 32.2. The SMILES string of the molecule is Cc1ccc(C(=O)O[C@H](C)C(=O)N[C@H]2CCCC[C@H]2C)cc1S(=O)(=O)N1CCCCC1. The van der Waals surface area contributed by atoms with Crippen LogP contribution in [0.2, 0.25) is 0 Å². The Kier molecular flexibility index (Phi) is 7.75. The molecule has 0 radical (unpaired) electrons. The number of benzene rings is 1. The summed E-state index contributed by atoms with van der Waals surface area (Å²) in [4.78, 5) is 25.3. The Morgan fingerprint density at radius 3 is 2.45 bits per heavy atom. The van der Waals surface area contributed by atoms with Gasteiger partial charge >= 0.3 is 5.97 Å². The van der Waals surface area contributed by atoms with Gasteiger partial charge in [-0.25, -0.2) is 13.2 Å². The summed E-state index contributed by atoms with van der Waals surface area (Å²) in [5.41, 5.74) is 0.714. The van der Waals surface area contributed by atoms with Crippen LogP contribution < -0.4 is 5.32 Å². The zero-order valence-corrected chi connectivity index (χ0v) is 19.5. The first kappa shape index (κ1) is 23.7. The van der Waals surface area contributed by atoms with Gasteiger partial charge in [-0.05, 0) is 63.1 Å². The highest BCUT2D eigenvalue weighted by molar-refractivity contribution is 7.89. The lowest BCUT2D eigenvalue weighted by Gasteiger charge is -2.30. The molecular weight excluding hydrogens is 416 g/mol. The van der Waals surface area contributed by atoms with Gasteiger partial charge < -0.3 is 10.1 Å². The maximum absolute atomic E-state index is 13.1. The molecule has 1 aliphatic heterocycles. The van der Waals surface area contributed by atoms with E-state index in [1.807, 2.05) is 0 Å². The third-order valence-electron chi connectivity index (χ3n) is 6.45.